The van der Waals surface area contributed by atoms with Gasteiger partial charge in [0.1, 0.15) is 6.54 Å². The third kappa shape index (κ3) is 4.09. The molecule has 0 saturated carbocycles. The molecule has 22 heavy (non-hydrogen) atoms. The maximum Gasteiger partial charge on any atom is 0.328 e. The molecule has 1 aromatic heterocycles. The molecule has 0 bridgehead atoms. The monoisotopic (exact) mass is 298 g/mol. The summed E-state index contributed by atoms with van der Waals surface area (Å²) in [6.45, 7) is 4.03. The van der Waals surface area contributed by atoms with E-state index in [2.05, 4.69) is 5.32 Å². The maximum atomic E-state index is 12.2. The second-order valence-electron chi connectivity index (χ2n) is 5.10. The topological polar surface area (TPSA) is 71.3 Å². The minimum absolute atomic E-state index is 0.125. The van der Waals surface area contributed by atoms with Crippen molar-refractivity contribution in [2.75, 3.05) is 5.32 Å². The number of anilines is 1. The van der Waals surface area contributed by atoms with E-state index in [0.29, 0.717) is 5.69 Å². The molecule has 2 aromatic rings. The molecular weight excluding hydrogens is 280 g/mol. The van der Waals surface area contributed by atoms with Gasteiger partial charge < -0.3 is 15.0 Å². The second kappa shape index (κ2) is 6.76. The molecule has 0 spiro atoms. The molecule has 0 aliphatic carbocycles. The predicted octanol–water partition coefficient (Wildman–Crippen LogP) is 2.84. The number of aliphatic carboxylic acids is 1. The average Bonchev–Trinajstić information content (AvgIpc) is 2.87. The zero-order valence-electron chi connectivity index (χ0n) is 12.5. The van der Waals surface area contributed by atoms with Crippen molar-refractivity contribution in [1.29, 1.82) is 0 Å². The van der Waals surface area contributed by atoms with Crippen molar-refractivity contribution in [2.24, 2.45) is 0 Å². The zero-order chi connectivity index (χ0) is 16.1. The van der Waals surface area contributed by atoms with Crippen LogP contribution in [0.2, 0.25) is 0 Å². The summed E-state index contributed by atoms with van der Waals surface area (Å²) < 4.78 is 1.69. The second-order valence-corrected chi connectivity index (χ2v) is 5.10. The van der Waals surface area contributed by atoms with Crippen LogP contribution in [0.1, 0.15) is 16.8 Å². The number of carbonyl (C=O) groups excluding carboxylic acids is 1. The van der Waals surface area contributed by atoms with Gasteiger partial charge in [-0.2, -0.15) is 0 Å². The highest BCUT2D eigenvalue weighted by Crippen LogP contribution is 2.16. The maximum absolute atomic E-state index is 12.2. The van der Waals surface area contributed by atoms with E-state index in [-0.39, 0.29) is 12.5 Å². The summed E-state index contributed by atoms with van der Waals surface area (Å²) in [4.78, 5) is 22.7. The van der Waals surface area contributed by atoms with Gasteiger partial charge >= 0.3 is 5.97 Å². The normalized spacial score (nSPS) is 10.8. The predicted molar refractivity (Wildman–Crippen MR) is 85.6 cm³/mol. The third-order valence-corrected chi connectivity index (χ3v) is 3.24. The first-order valence-corrected chi connectivity index (χ1v) is 6.89. The summed E-state index contributed by atoms with van der Waals surface area (Å²) in [5, 5.41) is 11.5. The van der Waals surface area contributed by atoms with Gasteiger partial charge in [0.2, 0.25) is 5.91 Å². The Labute approximate surface area is 128 Å². The number of rotatable bonds is 5. The van der Waals surface area contributed by atoms with Gasteiger partial charge in [0.15, 0.2) is 0 Å². The third-order valence-electron chi connectivity index (χ3n) is 3.24. The highest BCUT2D eigenvalue weighted by molar-refractivity contribution is 5.91. The molecule has 1 heterocycles. The molecule has 2 rings (SSSR count). The lowest BCUT2D eigenvalue weighted by Crippen LogP contribution is -2.19. The lowest BCUT2D eigenvalue weighted by Gasteiger charge is -2.11. The number of nitrogens with zero attached hydrogens (tertiary/aromatic N) is 1. The van der Waals surface area contributed by atoms with Crippen molar-refractivity contribution in [3.8, 4) is 0 Å². The summed E-state index contributed by atoms with van der Waals surface area (Å²) in [5.41, 5.74) is 3.53. The molecule has 0 saturated heterocycles. The lowest BCUT2D eigenvalue weighted by molar-refractivity contribution is -0.131. The van der Waals surface area contributed by atoms with Crippen LogP contribution in [-0.4, -0.2) is 21.6 Å². The van der Waals surface area contributed by atoms with Crippen molar-refractivity contribution in [1.82, 2.24) is 4.57 Å². The number of nitrogens with one attached hydrogen (secondary N) is 1. The fourth-order valence-electron chi connectivity index (χ4n) is 2.09. The Morgan fingerprint density at radius 2 is 2.05 bits per heavy atom. The fourth-order valence-corrected chi connectivity index (χ4v) is 2.09. The van der Waals surface area contributed by atoms with Crippen LogP contribution in [0.25, 0.3) is 6.08 Å². The van der Waals surface area contributed by atoms with Crippen LogP contribution in [0.15, 0.2) is 42.6 Å². The van der Waals surface area contributed by atoms with Gasteiger partial charge in [0.25, 0.3) is 0 Å². The number of carboxylic acids is 1. The van der Waals surface area contributed by atoms with Crippen molar-refractivity contribution < 1.29 is 14.7 Å². The van der Waals surface area contributed by atoms with E-state index in [1.54, 1.807) is 22.9 Å². The van der Waals surface area contributed by atoms with Crippen LogP contribution < -0.4 is 5.32 Å². The van der Waals surface area contributed by atoms with Gasteiger partial charge in [-0.1, -0.05) is 12.1 Å². The van der Waals surface area contributed by atoms with Crippen LogP contribution in [-0.2, 0) is 16.1 Å². The van der Waals surface area contributed by atoms with Crippen LogP contribution in [0.5, 0.6) is 0 Å². The van der Waals surface area contributed by atoms with Crippen molar-refractivity contribution in [3.63, 3.8) is 0 Å². The van der Waals surface area contributed by atoms with E-state index >= 15 is 0 Å². The minimum Gasteiger partial charge on any atom is -0.478 e. The summed E-state index contributed by atoms with van der Waals surface area (Å²) >= 11 is 0. The number of aromatic nitrogens is 1. The average molecular weight is 298 g/mol. The first kappa shape index (κ1) is 15.6. The summed E-state index contributed by atoms with van der Waals surface area (Å²) in [5.74, 6) is -1.18. The van der Waals surface area contributed by atoms with Crippen LogP contribution >= 0.6 is 0 Å². The highest BCUT2D eigenvalue weighted by atomic mass is 16.4. The fraction of sp³-hybridized carbons (Fsp3) is 0.176. The molecule has 5 heteroatoms. The van der Waals surface area contributed by atoms with Crippen LogP contribution in [0.4, 0.5) is 5.69 Å². The Morgan fingerprint density at radius 3 is 2.77 bits per heavy atom. The van der Waals surface area contributed by atoms with Crippen molar-refractivity contribution in [3.05, 3.63) is 59.4 Å². The van der Waals surface area contributed by atoms with Crippen LogP contribution in [0.3, 0.4) is 0 Å². The standard InChI is InChI=1S/C17H18N2O3/c1-12-5-6-13(2)15(10-12)18-16(20)11-19-9-3-4-14(19)7-8-17(21)22/h3-10H,11H2,1-2H3,(H,18,20)(H,21,22)/b8-7+. The van der Waals surface area contributed by atoms with E-state index in [9.17, 15) is 9.59 Å². The number of aryl methyl sites for hydroxylation is 2. The number of hydrogen-bond acceptors (Lipinski definition) is 2. The molecule has 5 nitrogen and oxygen atoms in total. The van der Waals surface area contributed by atoms with Crippen LogP contribution in [0, 0.1) is 13.8 Å². The molecule has 0 fully saturated rings. The van der Waals surface area contributed by atoms with E-state index < -0.39 is 5.97 Å². The minimum atomic E-state index is -1.02. The number of hydrogen-bond donors (Lipinski definition) is 2. The molecule has 1 amide bonds. The first-order chi connectivity index (χ1) is 10.5. The molecule has 114 valence electrons. The molecule has 0 aliphatic rings. The molecule has 0 radical (unpaired) electrons. The zero-order valence-corrected chi connectivity index (χ0v) is 12.5. The molecule has 0 unspecified atom stereocenters. The van der Waals surface area contributed by atoms with Gasteiger partial charge in [-0.15, -0.1) is 0 Å². The molecule has 2 N–H and O–H groups in total. The Kier molecular flexibility index (Phi) is 4.78. The number of amides is 1. The SMILES string of the molecule is Cc1ccc(C)c(NC(=O)Cn2cccc2/C=C/C(=O)O)c1. The Morgan fingerprint density at radius 1 is 1.27 bits per heavy atom. The van der Waals surface area contributed by atoms with E-state index in [4.69, 9.17) is 5.11 Å². The van der Waals surface area contributed by atoms with E-state index in [1.165, 1.54) is 6.08 Å². The summed E-state index contributed by atoms with van der Waals surface area (Å²) in [6, 6.07) is 9.40. The van der Waals surface area contributed by atoms with Crippen molar-refractivity contribution >= 4 is 23.6 Å². The number of carbonyl (C=O) groups is 2. The molecule has 1 aromatic carbocycles. The number of benzene rings is 1. The molecule has 0 atom stereocenters. The van der Waals surface area contributed by atoms with E-state index in [0.717, 1.165) is 22.9 Å². The lowest BCUT2D eigenvalue weighted by atomic mass is 10.1. The van der Waals surface area contributed by atoms with Gasteiger partial charge in [-0.05, 0) is 49.2 Å². The summed E-state index contributed by atoms with van der Waals surface area (Å²) in [7, 11) is 0. The van der Waals surface area contributed by atoms with Gasteiger partial charge in [0, 0.05) is 23.7 Å². The Balaban J connectivity index is 2.08. The molecular formula is C17H18N2O3. The smallest absolute Gasteiger partial charge is 0.328 e. The van der Waals surface area contributed by atoms with Gasteiger partial charge in [-0.3, -0.25) is 4.79 Å². The molecule has 0 aliphatic heterocycles. The first-order valence-electron chi connectivity index (χ1n) is 6.89. The Bertz CT molecular complexity index is 729. The van der Waals surface area contributed by atoms with E-state index in [1.807, 2.05) is 32.0 Å². The van der Waals surface area contributed by atoms with Gasteiger partial charge in [-0.25, -0.2) is 4.79 Å². The van der Waals surface area contributed by atoms with Crippen molar-refractivity contribution in [2.45, 2.75) is 20.4 Å². The Hall–Kier alpha value is -2.82. The summed E-state index contributed by atoms with van der Waals surface area (Å²) in [6.07, 6.45) is 4.26. The van der Waals surface area contributed by atoms with Gasteiger partial charge in [0.05, 0.1) is 0 Å². The quantitative estimate of drug-likeness (QED) is 0.834. The number of carboxylic acid groups (broad SMARTS) is 1. The largest absolute Gasteiger partial charge is 0.478 e. The highest BCUT2D eigenvalue weighted by Gasteiger charge is 2.07.